The van der Waals surface area contributed by atoms with E-state index in [9.17, 15) is 8.78 Å². The molecular formula is C16H18F2N2S. The Morgan fingerprint density at radius 3 is 2.90 bits per heavy atom. The molecule has 1 aliphatic carbocycles. The van der Waals surface area contributed by atoms with Crippen molar-refractivity contribution in [2.45, 2.75) is 50.5 Å². The van der Waals surface area contributed by atoms with Crippen molar-refractivity contribution >= 4 is 11.3 Å². The lowest BCUT2D eigenvalue weighted by Crippen LogP contribution is -2.24. The third-order valence-electron chi connectivity index (χ3n) is 4.96. The molecule has 5 heteroatoms. The third kappa shape index (κ3) is 2.31. The summed E-state index contributed by atoms with van der Waals surface area (Å²) in [4.78, 5) is 5.67. The second-order valence-corrected chi connectivity index (χ2v) is 7.22. The third-order valence-corrected chi connectivity index (χ3v) is 5.98. The van der Waals surface area contributed by atoms with E-state index in [4.69, 9.17) is 0 Å². The fourth-order valence-electron chi connectivity index (χ4n) is 3.73. The van der Waals surface area contributed by atoms with Crippen LogP contribution in [-0.2, 0) is 0 Å². The fraction of sp³-hybridized carbons (Fsp3) is 0.562. The topological polar surface area (TPSA) is 17.8 Å². The molecule has 2 aliphatic rings. The van der Waals surface area contributed by atoms with Crippen LogP contribution in [-0.4, -0.2) is 15.5 Å². The molecular weight excluding hydrogens is 290 g/mol. The molecule has 2 nitrogen and oxygen atoms in total. The fourth-order valence-corrected chi connectivity index (χ4v) is 4.77. The molecule has 3 heterocycles. The monoisotopic (exact) mass is 308 g/mol. The summed E-state index contributed by atoms with van der Waals surface area (Å²) < 4.78 is 28.7. The Hall–Kier alpha value is -1.23. The van der Waals surface area contributed by atoms with Crippen molar-refractivity contribution in [1.29, 1.82) is 0 Å². The van der Waals surface area contributed by atoms with Crippen molar-refractivity contribution in [3.05, 3.63) is 28.8 Å². The molecule has 2 aromatic rings. The number of hydrogen-bond donors (Lipinski definition) is 0. The summed E-state index contributed by atoms with van der Waals surface area (Å²) >= 11 is 1.80. The van der Waals surface area contributed by atoms with E-state index < -0.39 is 5.92 Å². The summed E-state index contributed by atoms with van der Waals surface area (Å²) in [5, 5.41) is 2.13. The number of thiophene rings is 1. The van der Waals surface area contributed by atoms with Gasteiger partial charge >= 0.3 is 0 Å². The number of nitrogens with zero attached hydrogens (tertiary/aromatic N) is 2. The smallest absolute Gasteiger partial charge is 0.248 e. The van der Waals surface area contributed by atoms with Gasteiger partial charge < -0.3 is 4.57 Å². The van der Waals surface area contributed by atoms with Crippen LogP contribution in [0.4, 0.5) is 8.78 Å². The normalized spacial score (nSPS) is 24.0. The number of fused-ring (bicyclic) bond motifs is 3. The Balaban J connectivity index is 1.45. The molecule has 0 radical (unpaired) electrons. The summed E-state index contributed by atoms with van der Waals surface area (Å²) in [7, 11) is 0. The zero-order chi connectivity index (χ0) is 14.4. The van der Waals surface area contributed by atoms with E-state index in [-0.39, 0.29) is 12.8 Å². The zero-order valence-corrected chi connectivity index (χ0v) is 12.6. The van der Waals surface area contributed by atoms with Crippen molar-refractivity contribution in [2.24, 2.45) is 5.92 Å². The van der Waals surface area contributed by atoms with Gasteiger partial charge in [-0.25, -0.2) is 13.8 Å². The van der Waals surface area contributed by atoms with E-state index >= 15 is 0 Å². The average Bonchev–Trinajstić information content (AvgIpc) is 3.12. The van der Waals surface area contributed by atoms with Gasteiger partial charge in [0.2, 0.25) is 5.92 Å². The first-order valence-electron chi connectivity index (χ1n) is 7.61. The molecule has 21 heavy (non-hydrogen) atoms. The molecule has 0 N–H and O–H groups in total. The first kappa shape index (κ1) is 13.4. The van der Waals surface area contributed by atoms with Crippen LogP contribution >= 0.6 is 11.3 Å². The Bertz CT molecular complexity index is 596. The van der Waals surface area contributed by atoms with Gasteiger partial charge in [-0.15, -0.1) is 11.3 Å². The van der Waals surface area contributed by atoms with Crippen LogP contribution in [0, 0.1) is 5.92 Å². The van der Waals surface area contributed by atoms with Gasteiger partial charge in [-0.05, 0) is 43.0 Å². The van der Waals surface area contributed by atoms with E-state index in [0.717, 1.165) is 12.8 Å². The Kier molecular flexibility index (Phi) is 3.14. The molecule has 0 unspecified atom stereocenters. The summed E-state index contributed by atoms with van der Waals surface area (Å²) in [6.45, 7) is 0. The van der Waals surface area contributed by atoms with Crippen LogP contribution in [0.15, 0.2) is 24.0 Å². The van der Waals surface area contributed by atoms with Crippen LogP contribution in [0.25, 0.3) is 11.3 Å². The number of hydrogen-bond acceptors (Lipinski definition) is 2. The maximum atomic E-state index is 13.2. The number of halogens is 2. The highest BCUT2D eigenvalue weighted by molar-refractivity contribution is 7.10. The van der Waals surface area contributed by atoms with Crippen molar-refractivity contribution in [1.82, 2.24) is 9.55 Å². The molecule has 2 aromatic heterocycles. The maximum Gasteiger partial charge on any atom is 0.248 e. The lowest BCUT2D eigenvalue weighted by atomic mass is 9.83. The largest absolute Gasteiger partial charge is 0.322 e. The standard InChI is InChI=1S/C16H18F2N2S/c17-16(18)6-3-11(4-7-16)1-2-13-15-12(5-8-21-15)14-9-19-10-20(13)14/h5,8-11,13H,1-4,6-7H2/t13-/m1/s1. The molecule has 1 atom stereocenters. The van der Waals surface area contributed by atoms with Crippen LogP contribution < -0.4 is 0 Å². The van der Waals surface area contributed by atoms with Crippen molar-refractivity contribution < 1.29 is 8.78 Å². The van der Waals surface area contributed by atoms with E-state index in [1.165, 1.54) is 16.1 Å². The SMILES string of the molecule is FC1(F)CCC(CC[C@@H]2c3sccc3-c3cncn32)CC1. The minimum absolute atomic E-state index is 0.0723. The second-order valence-electron chi connectivity index (χ2n) is 6.28. The average molecular weight is 308 g/mol. The van der Waals surface area contributed by atoms with Gasteiger partial charge in [0.1, 0.15) is 0 Å². The summed E-state index contributed by atoms with van der Waals surface area (Å²) in [5.41, 5.74) is 2.50. The summed E-state index contributed by atoms with van der Waals surface area (Å²) in [6, 6.07) is 2.52. The van der Waals surface area contributed by atoms with Gasteiger partial charge in [-0.1, -0.05) is 0 Å². The van der Waals surface area contributed by atoms with Crippen molar-refractivity contribution in [3.8, 4) is 11.3 Å². The first-order chi connectivity index (χ1) is 10.1. The molecule has 1 saturated carbocycles. The van der Waals surface area contributed by atoms with E-state index in [0.29, 0.717) is 24.8 Å². The lowest BCUT2D eigenvalue weighted by Gasteiger charge is -2.29. The quantitative estimate of drug-likeness (QED) is 0.769. The van der Waals surface area contributed by atoms with Crippen molar-refractivity contribution in [3.63, 3.8) is 0 Å². The van der Waals surface area contributed by atoms with Gasteiger partial charge in [0.25, 0.3) is 0 Å². The molecule has 1 aliphatic heterocycles. The molecule has 0 spiro atoms. The second kappa shape index (κ2) is 4.90. The van der Waals surface area contributed by atoms with Crippen LogP contribution in [0.1, 0.15) is 49.4 Å². The van der Waals surface area contributed by atoms with Gasteiger partial charge in [0.05, 0.1) is 24.3 Å². The predicted octanol–water partition coefficient (Wildman–Crippen LogP) is 5.12. The highest BCUT2D eigenvalue weighted by Gasteiger charge is 2.36. The van der Waals surface area contributed by atoms with Gasteiger partial charge in [-0.2, -0.15) is 0 Å². The number of alkyl halides is 2. The predicted molar refractivity (Wildman–Crippen MR) is 79.8 cm³/mol. The Morgan fingerprint density at radius 1 is 1.29 bits per heavy atom. The van der Waals surface area contributed by atoms with Gasteiger partial charge in [0, 0.05) is 23.3 Å². The van der Waals surface area contributed by atoms with E-state index in [1.54, 1.807) is 11.3 Å². The number of aromatic nitrogens is 2. The summed E-state index contributed by atoms with van der Waals surface area (Å²) in [5.74, 6) is -1.96. The number of rotatable bonds is 3. The van der Waals surface area contributed by atoms with E-state index in [1.807, 2.05) is 12.5 Å². The first-order valence-corrected chi connectivity index (χ1v) is 8.49. The molecule has 1 fully saturated rings. The summed E-state index contributed by atoms with van der Waals surface area (Å²) in [6.07, 6.45) is 7.39. The molecule has 4 rings (SSSR count). The minimum atomic E-state index is -2.41. The van der Waals surface area contributed by atoms with E-state index in [2.05, 4.69) is 21.0 Å². The minimum Gasteiger partial charge on any atom is -0.322 e. The highest BCUT2D eigenvalue weighted by Crippen LogP contribution is 2.46. The molecule has 0 aromatic carbocycles. The maximum absolute atomic E-state index is 13.2. The van der Waals surface area contributed by atoms with Crippen LogP contribution in [0.2, 0.25) is 0 Å². The molecule has 112 valence electrons. The van der Waals surface area contributed by atoms with Gasteiger partial charge in [-0.3, -0.25) is 0 Å². The van der Waals surface area contributed by atoms with Gasteiger partial charge in [0.15, 0.2) is 0 Å². The Labute approximate surface area is 126 Å². The van der Waals surface area contributed by atoms with Crippen LogP contribution in [0.5, 0.6) is 0 Å². The number of imidazole rings is 1. The van der Waals surface area contributed by atoms with Crippen molar-refractivity contribution in [2.75, 3.05) is 0 Å². The molecule has 0 saturated heterocycles. The van der Waals surface area contributed by atoms with Crippen LogP contribution in [0.3, 0.4) is 0 Å². The molecule has 0 amide bonds. The zero-order valence-electron chi connectivity index (χ0n) is 11.8. The highest BCUT2D eigenvalue weighted by atomic mass is 32.1. The Morgan fingerprint density at radius 2 is 2.10 bits per heavy atom. The molecule has 0 bridgehead atoms. The lowest BCUT2D eigenvalue weighted by molar-refractivity contribution is -0.0468.